The Kier molecular flexibility index (Phi) is 1.94. The number of benzene rings is 1. The van der Waals surface area contributed by atoms with Gasteiger partial charge in [0, 0.05) is 24.6 Å². The summed E-state index contributed by atoms with van der Waals surface area (Å²) in [6.45, 7) is 1.46. The van der Waals surface area contributed by atoms with Gasteiger partial charge in [-0.25, -0.2) is 4.79 Å². The molecule has 1 aliphatic heterocycles. The van der Waals surface area contributed by atoms with E-state index >= 15 is 0 Å². The van der Waals surface area contributed by atoms with Crippen molar-refractivity contribution in [3.63, 3.8) is 0 Å². The lowest BCUT2D eigenvalue weighted by Gasteiger charge is -2.25. The van der Waals surface area contributed by atoms with E-state index < -0.39 is 5.76 Å². The second-order valence-corrected chi connectivity index (χ2v) is 3.94. The van der Waals surface area contributed by atoms with Crippen molar-refractivity contribution in [3.05, 3.63) is 34.3 Å². The normalized spacial score (nSPS) is 16.2. The maximum Gasteiger partial charge on any atom is 0.417 e. The van der Waals surface area contributed by atoms with Gasteiger partial charge in [-0.05, 0) is 18.2 Å². The van der Waals surface area contributed by atoms with Crippen LogP contribution in [0, 0.1) is 5.92 Å². The first-order valence-corrected chi connectivity index (χ1v) is 5.12. The molecular weight excluding hydrogens is 208 g/mol. The number of ketones is 1. The SMILES string of the molecule is O=C(c1ccc2[nH]c(=O)oc2c1)C1CNC1. The highest BCUT2D eigenvalue weighted by atomic mass is 16.4. The molecule has 2 heterocycles. The molecule has 1 aliphatic rings. The van der Waals surface area contributed by atoms with Crippen molar-refractivity contribution >= 4 is 16.9 Å². The molecule has 0 aliphatic carbocycles. The molecule has 5 nitrogen and oxygen atoms in total. The van der Waals surface area contributed by atoms with Gasteiger partial charge in [0.15, 0.2) is 11.4 Å². The number of aromatic amines is 1. The van der Waals surface area contributed by atoms with Gasteiger partial charge in [0.1, 0.15) is 0 Å². The molecular formula is C11H10N2O3. The fourth-order valence-corrected chi connectivity index (χ4v) is 1.81. The van der Waals surface area contributed by atoms with Crippen LogP contribution in [0.15, 0.2) is 27.4 Å². The number of hydrogen-bond acceptors (Lipinski definition) is 4. The number of oxazole rings is 1. The van der Waals surface area contributed by atoms with Crippen LogP contribution < -0.4 is 11.1 Å². The van der Waals surface area contributed by atoms with E-state index in [1.807, 2.05) is 0 Å². The average molecular weight is 218 g/mol. The first-order valence-electron chi connectivity index (χ1n) is 5.12. The third kappa shape index (κ3) is 1.37. The number of nitrogens with one attached hydrogen (secondary N) is 2. The third-order valence-corrected chi connectivity index (χ3v) is 2.86. The largest absolute Gasteiger partial charge is 0.417 e. The van der Waals surface area contributed by atoms with Gasteiger partial charge >= 0.3 is 5.76 Å². The zero-order valence-corrected chi connectivity index (χ0v) is 8.45. The van der Waals surface area contributed by atoms with Gasteiger partial charge in [0.25, 0.3) is 0 Å². The summed E-state index contributed by atoms with van der Waals surface area (Å²) < 4.78 is 4.91. The summed E-state index contributed by atoms with van der Waals surface area (Å²) in [6, 6.07) is 5.03. The molecule has 1 aromatic carbocycles. The summed E-state index contributed by atoms with van der Waals surface area (Å²) >= 11 is 0. The van der Waals surface area contributed by atoms with Gasteiger partial charge in [0.05, 0.1) is 5.52 Å². The van der Waals surface area contributed by atoms with E-state index in [2.05, 4.69) is 10.3 Å². The number of hydrogen-bond donors (Lipinski definition) is 2. The van der Waals surface area contributed by atoms with Gasteiger partial charge < -0.3 is 9.73 Å². The van der Waals surface area contributed by atoms with Gasteiger partial charge in [0.2, 0.25) is 0 Å². The molecule has 1 saturated heterocycles. The predicted octanol–water partition coefficient (Wildman–Crippen LogP) is 0.523. The Labute approximate surface area is 90.5 Å². The Bertz CT molecular complexity index is 607. The Hall–Kier alpha value is -1.88. The Balaban J connectivity index is 2.03. The van der Waals surface area contributed by atoms with Crippen molar-refractivity contribution in [1.82, 2.24) is 10.3 Å². The monoisotopic (exact) mass is 218 g/mol. The van der Waals surface area contributed by atoms with E-state index in [4.69, 9.17) is 4.42 Å². The van der Waals surface area contributed by atoms with E-state index in [-0.39, 0.29) is 11.7 Å². The van der Waals surface area contributed by atoms with Crippen LogP contribution in [0.25, 0.3) is 11.1 Å². The Morgan fingerprint density at radius 3 is 2.88 bits per heavy atom. The topological polar surface area (TPSA) is 75.1 Å². The van der Waals surface area contributed by atoms with E-state index in [0.29, 0.717) is 16.7 Å². The highest BCUT2D eigenvalue weighted by Crippen LogP contribution is 2.17. The number of carbonyl (C=O) groups is 1. The van der Waals surface area contributed by atoms with Crippen molar-refractivity contribution in [3.8, 4) is 0 Å². The van der Waals surface area contributed by atoms with Crippen molar-refractivity contribution in [2.24, 2.45) is 5.92 Å². The number of fused-ring (bicyclic) bond motifs is 1. The van der Waals surface area contributed by atoms with Crippen LogP contribution in [-0.2, 0) is 0 Å². The van der Waals surface area contributed by atoms with Gasteiger partial charge in [-0.15, -0.1) is 0 Å². The molecule has 82 valence electrons. The molecule has 0 spiro atoms. The summed E-state index contributed by atoms with van der Waals surface area (Å²) in [6.07, 6.45) is 0. The second kappa shape index (κ2) is 3.31. The molecule has 16 heavy (non-hydrogen) atoms. The highest BCUT2D eigenvalue weighted by molar-refractivity contribution is 6.00. The van der Waals surface area contributed by atoms with Crippen LogP contribution in [0.1, 0.15) is 10.4 Å². The average Bonchev–Trinajstić information content (AvgIpc) is 2.53. The number of carbonyl (C=O) groups excluding carboxylic acids is 1. The van der Waals surface area contributed by atoms with Crippen LogP contribution in [0.4, 0.5) is 0 Å². The van der Waals surface area contributed by atoms with Gasteiger partial charge in [-0.2, -0.15) is 0 Å². The maximum atomic E-state index is 11.9. The fourth-order valence-electron chi connectivity index (χ4n) is 1.81. The minimum absolute atomic E-state index is 0.0584. The smallest absolute Gasteiger partial charge is 0.408 e. The van der Waals surface area contributed by atoms with Crippen molar-refractivity contribution in [2.45, 2.75) is 0 Å². The summed E-state index contributed by atoms with van der Waals surface area (Å²) in [5.41, 5.74) is 1.65. The fraction of sp³-hybridized carbons (Fsp3) is 0.273. The molecule has 0 bridgehead atoms. The minimum Gasteiger partial charge on any atom is -0.408 e. The van der Waals surface area contributed by atoms with Crippen molar-refractivity contribution in [1.29, 1.82) is 0 Å². The molecule has 0 unspecified atom stereocenters. The molecule has 3 rings (SSSR count). The second-order valence-electron chi connectivity index (χ2n) is 3.94. The summed E-state index contributed by atoms with van der Waals surface area (Å²) in [7, 11) is 0. The molecule has 2 aromatic rings. The van der Waals surface area contributed by atoms with E-state index in [0.717, 1.165) is 13.1 Å². The summed E-state index contributed by atoms with van der Waals surface area (Å²) in [4.78, 5) is 25.4. The third-order valence-electron chi connectivity index (χ3n) is 2.86. The number of Topliss-reactive ketones (excluding diaryl/α,β-unsaturated/α-hetero) is 1. The molecule has 2 N–H and O–H groups in total. The van der Waals surface area contributed by atoms with Crippen LogP contribution in [0.2, 0.25) is 0 Å². The molecule has 0 radical (unpaired) electrons. The van der Waals surface area contributed by atoms with Crippen LogP contribution in [0.3, 0.4) is 0 Å². The predicted molar refractivity (Wildman–Crippen MR) is 57.5 cm³/mol. The van der Waals surface area contributed by atoms with Crippen LogP contribution in [0.5, 0.6) is 0 Å². The molecule has 0 saturated carbocycles. The standard InChI is InChI=1S/C11H10N2O3/c14-10(7-4-12-5-7)6-1-2-8-9(3-6)16-11(15)13-8/h1-3,7,12H,4-5H2,(H,13,15). The zero-order valence-electron chi connectivity index (χ0n) is 8.45. The minimum atomic E-state index is -0.495. The lowest BCUT2D eigenvalue weighted by atomic mass is 9.93. The number of H-pyrrole nitrogens is 1. The zero-order chi connectivity index (χ0) is 11.1. The summed E-state index contributed by atoms with van der Waals surface area (Å²) in [5.74, 6) is -0.336. The van der Waals surface area contributed by atoms with Crippen molar-refractivity contribution < 1.29 is 9.21 Å². The maximum absolute atomic E-state index is 11.9. The lowest BCUT2D eigenvalue weighted by molar-refractivity contribution is 0.0878. The first kappa shape index (κ1) is 9.35. The van der Waals surface area contributed by atoms with Gasteiger partial charge in [-0.1, -0.05) is 0 Å². The molecule has 1 aromatic heterocycles. The van der Waals surface area contributed by atoms with Crippen molar-refractivity contribution in [2.75, 3.05) is 13.1 Å². The van der Waals surface area contributed by atoms with E-state index in [1.54, 1.807) is 18.2 Å². The number of rotatable bonds is 2. The Morgan fingerprint density at radius 1 is 1.38 bits per heavy atom. The summed E-state index contributed by atoms with van der Waals surface area (Å²) in [5, 5.41) is 3.05. The Morgan fingerprint density at radius 2 is 2.19 bits per heavy atom. The van der Waals surface area contributed by atoms with E-state index in [1.165, 1.54) is 0 Å². The lowest BCUT2D eigenvalue weighted by Crippen LogP contribution is -2.46. The highest BCUT2D eigenvalue weighted by Gasteiger charge is 2.26. The number of aromatic nitrogens is 1. The first-order chi connectivity index (χ1) is 7.74. The molecule has 1 fully saturated rings. The molecule has 5 heteroatoms. The quantitative estimate of drug-likeness (QED) is 0.721. The van der Waals surface area contributed by atoms with E-state index in [9.17, 15) is 9.59 Å². The van der Waals surface area contributed by atoms with Crippen LogP contribution >= 0.6 is 0 Å². The van der Waals surface area contributed by atoms with Gasteiger partial charge in [-0.3, -0.25) is 9.78 Å². The molecule has 0 amide bonds. The van der Waals surface area contributed by atoms with Crippen LogP contribution in [-0.4, -0.2) is 23.9 Å². The molecule has 0 atom stereocenters.